The number of nitrogen functional groups attached to an aromatic ring is 1. The highest BCUT2D eigenvalue weighted by Crippen LogP contribution is 2.18. The van der Waals surface area contributed by atoms with E-state index in [1.807, 2.05) is 13.8 Å². The van der Waals surface area contributed by atoms with Crippen molar-refractivity contribution < 1.29 is 4.74 Å². The zero-order valence-electron chi connectivity index (χ0n) is 12.8. The largest absolute Gasteiger partial charge is 0.377 e. The van der Waals surface area contributed by atoms with Crippen molar-refractivity contribution in [3.8, 4) is 0 Å². The molecule has 1 aliphatic heterocycles. The molecule has 21 heavy (non-hydrogen) atoms. The summed E-state index contributed by atoms with van der Waals surface area (Å²) in [4.78, 5) is 15.2. The first kappa shape index (κ1) is 15.7. The topological polar surface area (TPSA) is 101 Å². The molecule has 1 saturated heterocycles. The van der Waals surface area contributed by atoms with Gasteiger partial charge in [0.15, 0.2) is 0 Å². The molecule has 0 spiro atoms. The Hall–Kier alpha value is -1.67. The number of aromatic nitrogens is 3. The summed E-state index contributed by atoms with van der Waals surface area (Å²) in [6.45, 7) is 7.26. The minimum atomic E-state index is 0.0967. The van der Waals surface area contributed by atoms with Gasteiger partial charge in [0, 0.05) is 26.2 Å². The van der Waals surface area contributed by atoms with Gasteiger partial charge in [-0.15, -0.1) is 0 Å². The molecule has 0 aliphatic carbocycles. The van der Waals surface area contributed by atoms with E-state index in [-0.39, 0.29) is 6.10 Å². The highest BCUT2D eigenvalue weighted by molar-refractivity contribution is 5.43. The Morgan fingerprint density at radius 3 is 2.57 bits per heavy atom. The summed E-state index contributed by atoms with van der Waals surface area (Å²) in [5.74, 6) is 7.01. The Balaban J connectivity index is 2.05. The van der Waals surface area contributed by atoms with Crippen LogP contribution >= 0.6 is 0 Å². The Bertz CT molecular complexity index is 437. The van der Waals surface area contributed by atoms with Gasteiger partial charge in [-0.2, -0.15) is 15.0 Å². The number of nitrogens with two attached hydrogens (primary N) is 1. The van der Waals surface area contributed by atoms with Gasteiger partial charge in [0.1, 0.15) is 0 Å². The minimum absolute atomic E-state index is 0.0967. The van der Waals surface area contributed by atoms with Gasteiger partial charge >= 0.3 is 0 Å². The summed E-state index contributed by atoms with van der Waals surface area (Å²) in [6.07, 6.45) is 3.70. The molecular formula is C13H25N7O. The second kappa shape index (κ2) is 7.94. The first-order valence-corrected chi connectivity index (χ1v) is 7.56. The van der Waals surface area contributed by atoms with E-state index < -0.39 is 0 Å². The molecule has 8 heteroatoms. The lowest BCUT2D eigenvalue weighted by Crippen LogP contribution is -2.32. The molecule has 2 heterocycles. The number of rotatable bonds is 7. The quantitative estimate of drug-likeness (QED) is 0.505. The van der Waals surface area contributed by atoms with Gasteiger partial charge in [0.25, 0.3) is 0 Å². The standard InChI is InChI=1S/C13H25N7O/c1-3-21-10(2)9-15-11-16-12(19-14)18-13(17-11)20-7-5-4-6-8-20/h10H,3-9,14H2,1-2H3,(H2,15,16,17,18,19). The van der Waals surface area contributed by atoms with Gasteiger partial charge in [-0.05, 0) is 33.1 Å². The van der Waals surface area contributed by atoms with Crippen molar-refractivity contribution in [3.63, 3.8) is 0 Å². The van der Waals surface area contributed by atoms with Crippen LogP contribution in [0, 0.1) is 0 Å². The molecule has 1 aliphatic rings. The number of hydrazine groups is 1. The molecule has 0 saturated carbocycles. The lowest BCUT2D eigenvalue weighted by molar-refractivity contribution is 0.0854. The molecule has 1 atom stereocenters. The lowest BCUT2D eigenvalue weighted by atomic mass is 10.1. The Kier molecular flexibility index (Phi) is 5.94. The van der Waals surface area contributed by atoms with Gasteiger partial charge in [0.05, 0.1) is 6.10 Å². The van der Waals surface area contributed by atoms with Crippen LogP contribution < -0.4 is 21.5 Å². The summed E-state index contributed by atoms with van der Waals surface area (Å²) in [5.41, 5.74) is 2.50. The number of nitrogens with one attached hydrogen (secondary N) is 2. The number of hydrogen-bond acceptors (Lipinski definition) is 8. The monoisotopic (exact) mass is 295 g/mol. The number of piperidine rings is 1. The maximum Gasteiger partial charge on any atom is 0.243 e. The van der Waals surface area contributed by atoms with Gasteiger partial charge in [-0.25, -0.2) is 5.84 Å². The average Bonchev–Trinajstić information content (AvgIpc) is 2.54. The smallest absolute Gasteiger partial charge is 0.243 e. The maximum absolute atomic E-state index is 5.48. The van der Waals surface area contributed by atoms with Crippen LogP contribution in [0.3, 0.4) is 0 Å². The zero-order chi connectivity index (χ0) is 15.1. The molecule has 1 aromatic heterocycles. The predicted octanol–water partition coefficient (Wildman–Crippen LogP) is 0.984. The highest BCUT2D eigenvalue weighted by Gasteiger charge is 2.16. The summed E-state index contributed by atoms with van der Waals surface area (Å²) >= 11 is 0. The number of ether oxygens (including phenoxy) is 1. The third-order valence-corrected chi connectivity index (χ3v) is 3.39. The Labute approximate surface area is 125 Å². The summed E-state index contributed by atoms with van der Waals surface area (Å²) in [6, 6.07) is 0. The molecule has 1 unspecified atom stereocenters. The lowest BCUT2D eigenvalue weighted by Gasteiger charge is -2.27. The van der Waals surface area contributed by atoms with Crippen molar-refractivity contribution in [2.75, 3.05) is 41.9 Å². The number of nitrogens with zero attached hydrogens (tertiary/aromatic N) is 4. The van der Waals surface area contributed by atoms with E-state index in [0.717, 1.165) is 13.1 Å². The van der Waals surface area contributed by atoms with E-state index in [2.05, 4.69) is 30.6 Å². The van der Waals surface area contributed by atoms with Gasteiger partial charge < -0.3 is 15.0 Å². The van der Waals surface area contributed by atoms with Crippen molar-refractivity contribution in [1.29, 1.82) is 0 Å². The first-order valence-electron chi connectivity index (χ1n) is 7.56. The van der Waals surface area contributed by atoms with Gasteiger partial charge in [0.2, 0.25) is 17.8 Å². The number of hydrogen-bond donors (Lipinski definition) is 3. The van der Waals surface area contributed by atoms with Crippen molar-refractivity contribution in [3.05, 3.63) is 0 Å². The fraction of sp³-hybridized carbons (Fsp3) is 0.769. The van der Waals surface area contributed by atoms with E-state index in [4.69, 9.17) is 10.6 Å². The van der Waals surface area contributed by atoms with E-state index >= 15 is 0 Å². The van der Waals surface area contributed by atoms with E-state index in [1.54, 1.807) is 0 Å². The molecule has 118 valence electrons. The molecule has 1 aromatic rings. The zero-order valence-corrected chi connectivity index (χ0v) is 12.8. The van der Waals surface area contributed by atoms with Crippen LogP contribution in [0.5, 0.6) is 0 Å². The first-order chi connectivity index (χ1) is 10.2. The van der Waals surface area contributed by atoms with Crippen molar-refractivity contribution in [1.82, 2.24) is 15.0 Å². The SMILES string of the molecule is CCOC(C)CNc1nc(NN)nc(N2CCCCC2)n1. The van der Waals surface area contributed by atoms with Crippen LogP contribution in [0.25, 0.3) is 0 Å². The van der Waals surface area contributed by atoms with Crippen LogP contribution in [0.15, 0.2) is 0 Å². The second-order valence-corrected chi connectivity index (χ2v) is 5.12. The molecular weight excluding hydrogens is 270 g/mol. The third-order valence-electron chi connectivity index (χ3n) is 3.39. The molecule has 4 N–H and O–H groups in total. The Morgan fingerprint density at radius 2 is 1.90 bits per heavy atom. The fourth-order valence-electron chi connectivity index (χ4n) is 2.32. The maximum atomic E-state index is 5.48. The van der Waals surface area contributed by atoms with Crippen LogP contribution in [0.4, 0.5) is 17.8 Å². The summed E-state index contributed by atoms with van der Waals surface area (Å²) in [5, 5.41) is 3.17. The minimum Gasteiger partial charge on any atom is -0.377 e. The van der Waals surface area contributed by atoms with Crippen molar-refractivity contribution in [2.24, 2.45) is 5.84 Å². The van der Waals surface area contributed by atoms with Crippen LogP contribution in [0.1, 0.15) is 33.1 Å². The van der Waals surface area contributed by atoms with Crippen molar-refractivity contribution >= 4 is 17.8 Å². The summed E-state index contributed by atoms with van der Waals surface area (Å²) < 4.78 is 5.48. The van der Waals surface area contributed by atoms with Gasteiger partial charge in [-0.3, -0.25) is 5.43 Å². The van der Waals surface area contributed by atoms with E-state index in [9.17, 15) is 0 Å². The third kappa shape index (κ3) is 4.68. The predicted molar refractivity (Wildman–Crippen MR) is 83.3 cm³/mol. The second-order valence-electron chi connectivity index (χ2n) is 5.12. The number of anilines is 3. The van der Waals surface area contributed by atoms with E-state index in [0.29, 0.717) is 31.0 Å². The molecule has 0 radical (unpaired) electrons. The normalized spacial score (nSPS) is 16.6. The highest BCUT2D eigenvalue weighted by atomic mass is 16.5. The molecule has 2 rings (SSSR count). The molecule has 0 aromatic carbocycles. The van der Waals surface area contributed by atoms with Crippen LogP contribution in [-0.2, 0) is 4.74 Å². The molecule has 1 fully saturated rings. The van der Waals surface area contributed by atoms with Crippen LogP contribution in [0.2, 0.25) is 0 Å². The molecule has 0 bridgehead atoms. The summed E-state index contributed by atoms with van der Waals surface area (Å²) in [7, 11) is 0. The van der Waals surface area contributed by atoms with Crippen LogP contribution in [-0.4, -0.2) is 47.3 Å². The van der Waals surface area contributed by atoms with Crippen molar-refractivity contribution in [2.45, 2.75) is 39.2 Å². The van der Waals surface area contributed by atoms with Gasteiger partial charge in [-0.1, -0.05) is 0 Å². The Morgan fingerprint density at radius 1 is 1.19 bits per heavy atom. The molecule has 0 amide bonds. The average molecular weight is 295 g/mol. The fourth-order valence-corrected chi connectivity index (χ4v) is 2.32. The molecule has 8 nitrogen and oxygen atoms in total. The van der Waals surface area contributed by atoms with E-state index in [1.165, 1.54) is 19.3 Å².